The average molecular weight is 296 g/mol. The van der Waals surface area contributed by atoms with Crippen LogP contribution in [0.3, 0.4) is 0 Å². The number of rotatable bonds is 5. The Balaban J connectivity index is 2.00. The molecular weight excluding hydrogens is 281 g/mol. The molecule has 1 N–H and O–H groups in total. The fourth-order valence-corrected chi connectivity index (χ4v) is 2.12. The Hall–Kier alpha value is -1.22. The molecule has 0 aliphatic heterocycles. The van der Waals surface area contributed by atoms with Gasteiger partial charge in [0.25, 0.3) is 0 Å². The summed E-state index contributed by atoms with van der Waals surface area (Å²) in [6.07, 6.45) is 0. The van der Waals surface area contributed by atoms with Gasteiger partial charge in [0.2, 0.25) is 0 Å². The highest BCUT2D eigenvalue weighted by atomic mass is 35.5. The zero-order valence-corrected chi connectivity index (χ0v) is 12.1. The van der Waals surface area contributed by atoms with Gasteiger partial charge in [0.15, 0.2) is 0 Å². The van der Waals surface area contributed by atoms with E-state index in [0.717, 1.165) is 11.3 Å². The maximum absolute atomic E-state index is 6.11. The number of benzene rings is 2. The molecule has 0 amide bonds. The third kappa shape index (κ3) is 3.87. The van der Waals surface area contributed by atoms with Gasteiger partial charge in [0.05, 0.1) is 22.3 Å². The molecule has 4 heteroatoms. The molecule has 0 heterocycles. The Labute approximate surface area is 123 Å². The first-order valence-corrected chi connectivity index (χ1v) is 6.71. The zero-order chi connectivity index (χ0) is 13.7. The smallest absolute Gasteiger partial charge is 0.0823 e. The van der Waals surface area contributed by atoms with E-state index in [-0.39, 0.29) is 0 Å². The summed E-state index contributed by atoms with van der Waals surface area (Å²) in [7, 11) is 1.69. The van der Waals surface area contributed by atoms with Gasteiger partial charge >= 0.3 is 0 Å². The molecule has 100 valence electrons. The molecule has 0 aliphatic carbocycles. The molecule has 0 aromatic heterocycles. The Bertz CT molecular complexity index is 540. The molecule has 19 heavy (non-hydrogen) atoms. The van der Waals surface area contributed by atoms with Crippen LogP contribution in [0.5, 0.6) is 0 Å². The lowest BCUT2D eigenvalue weighted by Crippen LogP contribution is -2.00. The predicted molar refractivity (Wildman–Crippen MR) is 80.9 cm³/mol. The minimum atomic E-state index is 0.556. The van der Waals surface area contributed by atoms with E-state index in [2.05, 4.69) is 29.6 Å². The minimum Gasteiger partial charge on any atom is -0.380 e. The van der Waals surface area contributed by atoms with E-state index in [1.54, 1.807) is 13.2 Å². The van der Waals surface area contributed by atoms with Crippen LogP contribution in [0.4, 0.5) is 5.69 Å². The molecule has 2 nitrogen and oxygen atoms in total. The SMILES string of the molecule is COCc1ccc(CNc2cccc(Cl)c2Cl)cc1. The predicted octanol–water partition coefficient (Wildman–Crippen LogP) is 4.75. The van der Waals surface area contributed by atoms with Crippen LogP contribution in [0.1, 0.15) is 11.1 Å². The van der Waals surface area contributed by atoms with Crippen molar-refractivity contribution in [3.05, 3.63) is 63.6 Å². The van der Waals surface area contributed by atoms with Crippen LogP contribution >= 0.6 is 23.2 Å². The van der Waals surface area contributed by atoms with E-state index in [1.807, 2.05) is 12.1 Å². The minimum absolute atomic E-state index is 0.556. The lowest BCUT2D eigenvalue weighted by molar-refractivity contribution is 0.185. The van der Waals surface area contributed by atoms with E-state index in [0.29, 0.717) is 23.2 Å². The molecule has 0 spiro atoms. The molecule has 2 aromatic carbocycles. The number of nitrogens with one attached hydrogen (secondary N) is 1. The second-order valence-corrected chi connectivity index (χ2v) is 4.99. The van der Waals surface area contributed by atoms with Crippen molar-refractivity contribution in [1.82, 2.24) is 0 Å². The Morgan fingerprint density at radius 1 is 1.00 bits per heavy atom. The zero-order valence-electron chi connectivity index (χ0n) is 10.6. The van der Waals surface area contributed by atoms with Crippen LogP contribution in [-0.2, 0) is 17.9 Å². The van der Waals surface area contributed by atoms with Crippen molar-refractivity contribution in [1.29, 1.82) is 0 Å². The van der Waals surface area contributed by atoms with E-state index in [9.17, 15) is 0 Å². The van der Waals surface area contributed by atoms with Gasteiger partial charge in [-0.15, -0.1) is 0 Å². The first-order valence-electron chi connectivity index (χ1n) is 5.95. The number of methoxy groups -OCH3 is 1. The molecular formula is C15H15Cl2NO. The first kappa shape index (κ1) is 14.2. The normalized spacial score (nSPS) is 10.5. The monoisotopic (exact) mass is 295 g/mol. The van der Waals surface area contributed by atoms with E-state index < -0.39 is 0 Å². The standard InChI is InChI=1S/C15H15Cl2NO/c1-19-10-12-7-5-11(6-8-12)9-18-14-4-2-3-13(16)15(14)17/h2-8,18H,9-10H2,1H3. The largest absolute Gasteiger partial charge is 0.380 e. The van der Waals surface area contributed by atoms with Crippen LogP contribution in [0.2, 0.25) is 10.0 Å². The number of halogens is 2. The highest BCUT2D eigenvalue weighted by Gasteiger charge is 2.03. The third-order valence-corrected chi connectivity index (χ3v) is 3.59. The van der Waals surface area contributed by atoms with Gasteiger partial charge in [-0.3, -0.25) is 0 Å². The van der Waals surface area contributed by atoms with Crippen LogP contribution in [0.15, 0.2) is 42.5 Å². The maximum Gasteiger partial charge on any atom is 0.0823 e. The molecule has 0 atom stereocenters. The number of anilines is 1. The fraction of sp³-hybridized carbons (Fsp3) is 0.200. The molecule has 2 aromatic rings. The molecule has 0 saturated heterocycles. The van der Waals surface area contributed by atoms with E-state index in [4.69, 9.17) is 27.9 Å². The van der Waals surface area contributed by atoms with Gasteiger partial charge in [-0.25, -0.2) is 0 Å². The molecule has 0 saturated carbocycles. The Kier molecular flexibility index (Phi) is 5.08. The molecule has 0 bridgehead atoms. The summed E-state index contributed by atoms with van der Waals surface area (Å²) in [6.45, 7) is 1.33. The lowest BCUT2D eigenvalue weighted by Gasteiger charge is -2.10. The summed E-state index contributed by atoms with van der Waals surface area (Å²) in [5, 5.41) is 4.39. The van der Waals surface area contributed by atoms with Gasteiger partial charge in [-0.05, 0) is 23.3 Å². The van der Waals surface area contributed by atoms with Crippen LogP contribution in [0, 0.1) is 0 Å². The quantitative estimate of drug-likeness (QED) is 0.859. The molecule has 0 fully saturated rings. The fourth-order valence-electron chi connectivity index (χ4n) is 1.76. The molecule has 0 unspecified atom stereocenters. The van der Waals surface area contributed by atoms with Crippen molar-refractivity contribution < 1.29 is 4.74 Å². The van der Waals surface area contributed by atoms with Crippen molar-refractivity contribution in [2.24, 2.45) is 0 Å². The second-order valence-electron chi connectivity index (χ2n) is 4.20. The van der Waals surface area contributed by atoms with Gasteiger partial charge < -0.3 is 10.1 Å². The van der Waals surface area contributed by atoms with Gasteiger partial charge in [0, 0.05) is 13.7 Å². The van der Waals surface area contributed by atoms with Crippen LogP contribution < -0.4 is 5.32 Å². The first-order chi connectivity index (χ1) is 9.20. The Morgan fingerprint density at radius 2 is 1.68 bits per heavy atom. The summed E-state index contributed by atoms with van der Waals surface area (Å²) in [6, 6.07) is 13.8. The van der Waals surface area contributed by atoms with E-state index in [1.165, 1.54) is 5.56 Å². The van der Waals surface area contributed by atoms with Crippen LogP contribution in [0.25, 0.3) is 0 Å². The molecule has 2 rings (SSSR count). The summed E-state index contributed by atoms with van der Waals surface area (Å²) in [5.74, 6) is 0. The summed E-state index contributed by atoms with van der Waals surface area (Å²) in [4.78, 5) is 0. The lowest BCUT2D eigenvalue weighted by atomic mass is 10.1. The number of ether oxygens (including phenoxy) is 1. The average Bonchev–Trinajstić information content (AvgIpc) is 2.42. The van der Waals surface area contributed by atoms with Gasteiger partial charge in [-0.1, -0.05) is 53.5 Å². The Morgan fingerprint density at radius 3 is 2.37 bits per heavy atom. The van der Waals surface area contributed by atoms with Crippen molar-refractivity contribution in [2.75, 3.05) is 12.4 Å². The summed E-state index contributed by atoms with van der Waals surface area (Å²) < 4.78 is 5.08. The molecule has 0 aliphatic rings. The maximum atomic E-state index is 6.11. The summed E-state index contributed by atoms with van der Waals surface area (Å²) in [5.41, 5.74) is 3.18. The third-order valence-electron chi connectivity index (χ3n) is 2.77. The van der Waals surface area contributed by atoms with Gasteiger partial charge in [0.1, 0.15) is 0 Å². The highest BCUT2D eigenvalue weighted by Crippen LogP contribution is 2.29. The van der Waals surface area contributed by atoms with Crippen LogP contribution in [-0.4, -0.2) is 7.11 Å². The number of hydrogen-bond acceptors (Lipinski definition) is 2. The van der Waals surface area contributed by atoms with E-state index >= 15 is 0 Å². The van der Waals surface area contributed by atoms with Crippen molar-refractivity contribution >= 4 is 28.9 Å². The topological polar surface area (TPSA) is 21.3 Å². The highest BCUT2D eigenvalue weighted by molar-refractivity contribution is 6.43. The second kappa shape index (κ2) is 6.80. The van der Waals surface area contributed by atoms with Crippen molar-refractivity contribution in [2.45, 2.75) is 13.2 Å². The van der Waals surface area contributed by atoms with Crippen molar-refractivity contribution in [3.8, 4) is 0 Å². The van der Waals surface area contributed by atoms with Crippen molar-refractivity contribution in [3.63, 3.8) is 0 Å². The van der Waals surface area contributed by atoms with Gasteiger partial charge in [-0.2, -0.15) is 0 Å². The number of hydrogen-bond donors (Lipinski definition) is 1. The summed E-state index contributed by atoms with van der Waals surface area (Å²) >= 11 is 12.1. The molecule has 0 radical (unpaired) electrons.